The van der Waals surface area contributed by atoms with Crippen LogP contribution >= 0.6 is 24.0 Å². The van der Waals surface area contributed by atoms with Crippen LogP contribution in [-0.2, 0) is 9.84 Å². The molecule has 1 aromatic carbocycles. The van der Waals surface area contributed by atoms with E-state index in [9.17, 15) is 8.42 Å². The van der Waals surface area contributed by atoms with Crippen LogP contribution in [0.25, 0.3) is 0 Å². The lowest BCUT2D eigenvalue weighted by molar-refractivity contribution is 0.146. The Morgan fingerprint density at radius 1 is 1.10 bits per heavy atom. The van der Waals surface area contributed by atoms with Crippen molar-refractivity contribution >= 4 is 39.8 Å². The van der Waals surface area contributed by atoms with Gasteiger partial charge in [-0.2, -0.15) is 0 Å². The zero-order valence-corrected chi connectivity index (χ0v) is 21.1. The molecule has 0 radical (unpaired) electrons. The number of hydrogen-bond donors (Lipinski definition) is 2. The Morgan fingerprint density at radius 2 is 1.84 bits per heavy atom. The number of aliphatic imine (C=N–C) groups is 1. The maximum absolute atomic E-state index is 12.4. The number of piperidine rings is 1. The topological polar surface area (TPSA) is 86.9 Å². The molecular weight excluding hydrogens is 527 g/mol. The summed E-state index contributed by atoms with van der Waals surface area (Å²) in [4.78, 5) is 7.10. The summed E-state index contributed by atoms with van der Waals surface area (Å²) in [5.74, 6) is 1.72. The van der Waals surface area contributed by atoms with Gasteiger partial charge in [0, 0.05) is 20.1 Å². The van der Waals surface area contributed by atoms with E-state index in [0.717, 1.165) is 18.8 Å². The van der Waals surface area contributed by atoms with Crippen LogP contribution in [0.4, 0.5) is 0 Å². The molecule has 1 saturated heterocycles. The Labute approximate surface area is 202 Å². The highest BCUT2D eigenvalue weighted by molar-refractivity contribution is 14.0. The van der Waals surface area contributed by atoms with Crippen LogP contribution in [0, 0.1) is 0 Å². The second kappa shape index (κ2) is 13.1. The van der Waals surface area contributed by atoms with Crippen LogP contribution in [-0.4, -0.2) is 58.3 Å². The van der Waals surface area contributed by atoms with Crippen molar-refractivity contribution in [1.29, 1.82) is 0 Å². The van der Waals surface area contributed by atoms with Crippen molar-refractivity contribution in [3.05, 3.63) is 54.5 Å². The molecule has 1 atom stereocenters. The maximum Gasteiger partial charge on any atom is 0.191 e. The lowest BCUT2D eigenvalue weighted by Crippen LogP contribution is -2.44. The minimum Gasteiger partial charge on any atom is -0.468 e. The standard InChI is InChI=1S/C22H32N4O3S.HI/c1-23-22(24-13-9-17-30(27,28)19-10-4-2-5-11-19)25-18-20(21-12-8-16-29-21)26-14-6-3-7-15-26;/h2,4-5,8,10-12,16,20H,3,6-7,9,13-15,17-18H2,1H3,(H2,23,24,25);1H. The molecular formula is C22H33IN4O3S. The van der Waals surface area contributed by atoms with Crippen LogP contribution in [0.5, 0.6) is 0 Å². The van der Waals surface area contributed by atoms with Crippen molar-refractivity contribution in [3.8, 4) is 0 Å². The van der Waals surface area contributed by atoms with E-state index in [-0.39, 0.29) is 35.8 Å². The molecule has 1 aliphatic heterocycles. The molecule has 1 aliphatic rings. The van der Waals surface area contributed by atoms with Gasteiger partial charge in [-0.3, -0.25) is 9.89 Å². The maximum atomic E-state index is 12.4. The quantitative estimate of drug-likeness (QED) is 0.212. The second-order valence-corrected chi connectivity index (χ2v) is 9.60. The zero-order valence-electron chi connectivity index (χ0n) is 18.0. The van der Waals surface area contributed by atoms with E-state index in [1.807, 2.05) is 18.2 Å². The van der Waals surface area contributed by atoms with E-state index >= 15 is 0 Å². The molecule has 1 aromatic heterocycles. The van der Waals surface area contributed by atoms with Gasteiger partial charge in [0.15, 0.2) is 15.8 Å². The van der Waals surface area contributed by atoms with Gasteiger partial charge in [-0.15, -0.1) is 24.0 Å². The van der Waals surface area contributed by atoms with Gasteiger partial charge in [-0.25, -0.2) is 8.42 Å². The van der Waals surface area contributed by atoms with Crippen molar-refractivity contribution in [2.45, 2.75) is 36.6 Å². The molecule has 0 aliphatic carbocycles. The van der Waals surface area contributed by atoms with E-state index in [1.165, 1.54) is 19.3 Å². The average molecular weight is 561 g/mol. The van der Waals surface area contributed by atoms with Crippen LogP contribution in [0.15, 0.2) is 63.0 Å². The Balaban J connectivity index is 0.00000341. The van der Waals surface area contributed by atoms with Crippen molar-refractivity contribution in [1.82, 2.24) is 15.5 Å². The normalized spacial score (nSPS) is 16.4. The molecule has 1 unspecified atom stereocenters. The van der Waals surface area contributed by atoms with E-state index in [1.54, 1.807) is 37.6 Å². The Bertz CT molecular complexity index is 883. The first-order valence-corrected chi connectivity index (χ1v) is 12.2. The molecule has 0 spiro atoms. The molecule has 0 saturated carbocycles. The molecule has 2 aromatic rings. The van der Waals surface area contributed by atoms with Gasteiger partial charge >= 0.3 is 0 Å². The number of guanidine groups is 1. The third kappa shape index (κ3) is 7.80. The van der Waals surface area contributed by atoms with Crippen molar-refractivity contribution in [3.63, 3.8) is 0 Å². The van der Waals surface area contributed by atoms with Crippen molar-refractivity contribution in [2.75, 3.05) is 39.0 Å². The fourth-order valence-electron chi connectivity index (χ4n) is 3.75. The van der Waals surface area contributed by atoms with E-state index in [4.69, 9.17) is 4.42 Å². The summed E-state index contributed by atoms with van der Waals surface area (Å²) in [6, 6.07) is 12.7. The van der Waals surface area contributed by atoms with Crippen molar-refractivity contribution < 1.29 is 12.8 Å². The lowest BCUT2D eigenvalue weighted by Gasteiger charge is -2.33. The SMILES string of the molecule is CN=C(NCCCS(=O)(=O)c1ccccc1)NCC(c1ccco1)N1CCCCC1.I. The molecule has 9 heteroatoms. The molecule has 172 valence electrons. The Kier molecular flexibility index (Phi) is 10.8. The molecule has 1 fully saturated rings. The lowest BCUT2D eigenvalue weighted by atomic mass is 10.1. The first kappa shape index (κ1) is 25.7. The highest BCUT2D eigenvalue weighted by Crippen LogP contribution is 2.24. The molecule has 31 heavy (non-hydrogen) atoms. The first-order chi connectivity index (χ1) is 14.6. The summed E-state index contributed by atoms with van der Waals surface area (Å²) in [7, 11) is -1.53. The molecule has 2 N–H and O–H groups in total. The third-order valence-corrected chi connectivity index (χ3v) is 7.19. The van der Waals surface area contributed by atoms with Gasteiger partial charge < -0.3 is 15.1 Å². The summed E-state index contributed by atoms with van der Waals surface area (Å²) >= 11 is 0. The fourth-order valence-corrected chi connectivity index (χ4v) is 5.08. The highest BCUT2D eigenvalue weighted by atomic mass is 127. The van der Waals surface area contributed by atoms with E-state index < -0.39 is 9.84 Å². The molecule has 0 bridgehead atoms. The number of halogens is 1. The van der Waals surface area contributed by atoms with E-state index in [0.29, 0.717) is 30.4 Å². The summed E-state index contributed by atoms with van der Waals surface area (Å²) in [6.45, 7) is 3.34. The summed E-state index contributed by atoms with van der Waals surface area (Å²) < 4.78 is 30.4. The average Bonchev–Trinajstić information content (AvgIpc) is 3.31. The van der Waals surface area contributed by atoms with Gasteiger partial charge in [0.25, 0.3) is 0 Å². The van der Waals surface area contributed by atoms with Gasteiger partial charge in [-0.1, -0.05) is 24.6 Å². The fraction of sp³-hybridized carbons (Fsp3) is 0.500. The number of rotatable bonds is 9. The van der Waals surface area contributed by atoms with Crippen molar-refractivity contribution in [2.24, 2.45) is 4.99 Å². The van der Waals surface area contributed by atoms with Gasteiger partial charge in [0.2, 0.25) is 0 Å². The molecule has 0 amide bonds. The monoisotopic (exact) mass is 560 g/mol. The number of sulfone groups is 1. The van der Waals surface area contributed by atoms with Crippen LogP contribution in [0.1, 0.15) is 37.5 Å². The third-order valence-electron chi connectivity index (χ3n) is 5.37. The Morgan fingerprint density at radius 3 is 2.48 bits per heavy atom. The minimum absolute atomic E-state index is 0. The number of likely N-dealkylation sites (tertiary alicyclic amines) is 1. The number of furan rings is 1. The molecule has 2 heterocycles. The summed E-state index contributed by atoms with van der Waals surface area (Å²) in [6.07, 6.45) is 5.92. The number of nitrogens with zero attached hydrogens (tertiary/aromatic N) is 2. The van der Waals surface area contributed by atoms with Gasteiger partial charge in [0.05, 0.1) is 23.0 Å². The zero-order chi connectivity index (χ0) is 21.2. The first-order valence-electron chi connectivity index (χ1n) is 10.6. The van der Waals surface area contributed by atoms with Gasteiger partial charge in [0.1, 0.15) is 5.76 Å². The summed E-state index contributed by atoms with van der Waals surface area (Å²) in [5, 5.41) is 6.59. The Hall–Kier alpha value is -1.59. The molecule has 7 nitrogen and oxygen atoms in total. The van der Waals surface area contributed by atoms with Crippen LogP contribution in [0.2, 0.25) is 0 Å². The number of hydrogen-bond acceptors (Lipinski definition) is 5. The highest BCUT2D eigenvalue weighted by Gasteiger charge is 2.24. The largest absolute Gasteiger partial charge is 0.468 e. The summed E-state index contributed by atoms with van der Waals surface area (Å²) in [5.41, 5.74) is 0. The van der Waals surface area contributed by atoms with Gasteiger partial charge in [-0.05, 0) is 56.6 Å². The number of nitrogens with one attached hydrogen (secondary N) is 2. The van der Waals surface area contributed by atoms with E-state index in [2.05, 4.69) is 20.5 Å². The predicted molar refractivity (Wildman–Crippen MR) is 135 cm³/mol. The van der Waals surface area contributed by atoms with Crippen LogP contribution in [0.3, 0.4) is 0 Å². The van der Waals surface area contributed by atoms with Crippen LogP contribution < -0.4 is 10.6 Å². The number of benzene rings is 1. The second-order valence-electron chi connectivity index (χ2n) is 7.49. The predicted octanol–water partition coefficient (Wildman–Crippen LogP) is 3.45. The molecule has 3 rings (SSSR count). The smallest absolute Gasteiger partial charge is 0.191 e. The minimum atomic E-state index is -3.25.